The normalized spacial score (nSPS) is 15.8. The van der Waals surface area contributed by atoms with E-state index in [4.69, 9.17) is 9.47 Å². The monoisotopic (exact) mass is 345 g/mol. The molecule has 0 saturated heterocycles. The van der Waals surface area contributed by atoms with Gasteiger partial charge in [-0.2, -0.15) is 0 Å². The highest BCUT2D eigenvalue weighted by atomic mass is 32.1. The van der Waals surface area contributed by atoms with Crippen LogP contribution in [0.25, 0.3) is 0 Å². The molecule has 1 N–H and O–H groups in total. The van der Waals surface area contributed by atoms with Gasteiger partial charge in [-0.3, -0.25) is 19.7 Å². The lowest BCUT2D eigenvalue weighted by molar-refractivity contribution is -0.153. The van der Waals surface area contributed by atoms with Crippen molar-refractivity contribution in [3.8, 4) is 5.75 Å². The maximum absolute atomic E-state index is 12.1. The third-order valence-electron chi connectivity index (χ3n) is 3.56. The zero-order valence-electron chi connectivity index (χ0n) is 12.7. The molecule has 24 heavy (non-hydrogen) atoms. The molecule has 0 spiro atoms. The predicted octanol–water partition coefficient (Wildman–Crippen LogP) is 1.80. The Morgan fingerprint density at radius 2 is 2.04 bits per heavy atom. The van der Waals surface area contributed by atoms with Crippen LogP contribution in [0.3, 0.4) is 0 Å². The van der Waals surface area contributed by atoms with Crippen LogP contribution >= 0.6 is 11.3 Å². The van der Waals surface area contributed by atoms with E-state index in [2.05, 4.69) is 5.32 Å². The molecular weight excluding hydrogens is 330 g/mol. The number of fused-ring (bicyclic) bond motifs is 1. The van der Waals surface area contributed by atoms with Crippen LogP contribution in [0.4, 0.5) is 0 Å². The van der Waals surface area contributed by atoms with Crippen LogP contribution in [0, 0.1) is 5.92 Å². The van der Waals surface area contributed by atoms with Gasteiger partial charge in [0, 0.05) is 0 Å². The largest absolute Gasteiger partial charge is 0.492 e. The van der Waals surface area contributed by atoms with Gasteiger partial charge in [0.25, 0.3) is 11.8 Å². The topological polar surface area (TPSA) is 81.7 Å². The van der Waals surface area contributed by atoms with Crippen LogP contribution in [-0.4, -0.2) is 31.0 Å². The van der Waals surface area contributed by atoms with Gasteiger partial charge < -0.3 is 9.47 Å². The molecule has 2 aromatic rings. The van der Waals surface area contributed by atoms with E-state index in [1.165, 1.54) is 11.3 Å². The van der Waals surface area contributed by atoms with E-state index in [1.807, 2.05) is 24.3 Å². The smallest absolute Gasteiger partial charge is 0.313 e. The van der Waals surface area contributed by atoms with E-state index in [-0.39, 0.29) is 6.61 Å². The van der Waals surface area contributed by atoms with Crippen molar-refractivity contribution >= 4 is 29.1 Å². The molecule has 1 aromatic heterocycles. The molecule has 0 aliphatic carbocycles. The second-order valence-electron chi connectivity index (χ2n) is 5.28. The molecule has 7 heteroatoms. The minimum absolute atomic E-state index is 0.214. The molecule has 2 heterocycles. The van der Waals surface area contributed by atoms with Crippen molar-refractivity contribution in [1.82, 2.24) is 5.32 Å². The first-order valence-corrected chi connectivity index (χ1v) is 8.26. The standard InChI is InChI=1S/C17H15NO5S/c19-15(18-16(20)14-6-3-7-24-14)10-23-17(21)12-8-11-4-1-2-5-13(11)22-9-12/h1-7,12H,8-10H2,(H,18,19,20). The lowest BCUT2D eigenvalue weighted by Gasteiger charge is -2.23. The van der Waals surface area contributed by atoms with Gasteiger partial charge in [0.05, 0.1) is 10.8 Å². The Labute approximate surface area is 142 Å². The molecule has 1 aliphatic heterocycles. The lowest BCUT2D eigenvalue weighted by Crippen LogP contribution is -2.36. The molecule has 6 nitrogen and oxygen atoms in total. The fourth-order valence-electron chi connectivity index (χ4n) is 2.37. The van der Waals surface area contributed by atoms with Gasteiger partial charge in [-0.25, -0.2) is 0 Å². The molecule has 1 atom stereocenters. The van der Waals surface area contributed by atoms with Crippen molar-refractivity contribution in [3.05, 3.63) is 52.2 Å². The zero-order chi connectivity index (χ0) is 16.9. The summed E-state index contributed by atoms with van der Waals surface area (Å²) in [4.78, 5) is 35.9. The number of carbonyl (C=O) groups excluding carboxylic acids is 3. The molecule has 0 fully saturated rings. The molecular formula is C17H15NO5S. The number of amides is 2. The number of ether oxygens (including phenoxy) is 2. The van der Waals surface area contributed by atoms with Gasteiger partial charge in [0.2, 0.25) is 0 Å². The number of benzene rings is 1. The van der Waals surface area contributed by atoms with E-state index in [0.29, 0.717) is 11.3 Å². The average Bonchev–Trinajstić information content (AvgIpc) is 3.14. The van der Waals surface area contributed by atoms with Crippen molar-refractivity contribution in [3.63, 3.8) is 0 Å². The molecule has 1 unspecified atom stereocenters. The Morgan fingerprint density at radius 3 is 2.83 bits per heavy atom. The second-order valence-corrected chi connectivity index (χ2v) is 6.23. The van der Waals surface area contributed by atoms with Crippen LogP contribution in [0.15, 0.2) is 41.8 Å². The summed E-state index contributed by atoms with van der Waals surface area (Å²) in [6.45, 7) is -0.278. The first-order chi connectivity index (χ1) is 11.6. The summed E-state index contributed by atoms with van der Waals surface area (Å²) in [6.07, 6.45) is 0.505. The summed E-state index contributed by atoms with van der Waals surface area (Å²) < 4.78 is 10.5. The number of thiophene rings is 1. The van der Waals surface area contributed by atoms with E-state index < -0.39 is 30.3 Å². The quantitative estimate of drug-likeness (QED) is 0.855. The summed E-state index contributed by atoms with van der Waals surface area (Å²) in [7, 11) is 0. The Balaban J connectivity index is 1.47. The maximum atomic E-state index is 12.1. The van der Waals surface area contributed by atoms with E-state index in [9.17, 15) is 14.4 Å². The number of imide groups is 1. The van der Waals surface area contributed by atoms with Crippen molar-refractivity contribution in [2.24, 2.45) is 5.92 Å². The summed E-state index contributed by atoms with van der Waals surface area (Å²) in [5.74, 6) is -1.36. The molecule has 0 bridgehead atoms. The van der Waals surface area contributed by atoms with Crippen molar-refractivity contribution < 1.29 is 23.9 Å². The summed E-state index contributed by atoms with van der Waals surface area (Å²) in [5.41, 5.74) is 0.933. The van der Waals surface area contributed by atoms with Gasteiger partial charge in [-0.1, -0.05) is 24.3 Å². The Hall–Kier alpha value is -2.67. The van der Waals surface area contributed by atoms with Crippen LogP contribution in [0.1, 0.15) is 15.2 Å². The average molecular weight is 345 g/mol. The van der Waals surface area contributed by atoms with Gasteiger partial charge in [0.1, 0.15) is 12.4 Å². The highest BCUT2D eigenvalue weighted by molar-refractivity contribution is 7.12. The van der Waals surface area contributed by atoms with Crippen molar-refractivity contribution in [2.45, 2.75) is 6.42 Å². The SMILES string of the molecule is O=C(COC(=O)C1COc2ccccc2C1)NC(=O)c1cccs1. The van der Waals surface area contributed by atoms with Crippen LogP contribution in [0.5, 0.6) is 5.75 Å². The fourth-order valence-corrected chi connectivity index (χ4v) is 2.98. The molecule has 124 valence electrons. The molecule has 2 amide bonds. The number of carbonyl (C=O) groups is 3. The number of esters is 1. The number of para-hydroxylation sites is 1. The minimum Gasteiger partial charge on any atom is -0.492 e. The molecule has 3 rings (SSSR count). The second kappa shape index (κ2) is 7.27. The van der Waals surface area contributed by atoms with Crippen molar-refractivity contribution in [1.29, 1.82) is 0 Å². The fraction of sp³-hybridized carbons (Fsp3) is 0.235. The van der Waals surface area contributed by atoms with Crippen LogP contribution < -0.4 is 10.1 Å². The molecule has 1 aliphatic rings. The van der Waals surface area contributed by atoms with E-state index in [0.717, 1.165) is 11.3 Å². The summed E-state index contributed by atoms with van der Waals surface area (Å²) >= 11 is 1.23. The van der Waals surface area contributed by atoms with Gasteiger partial charge in [0.15, 0.2) is 6.61 Å². The first-order valence-electron chi connectivity index (χ1n) is 7.38. The predicted molar refractivity (Wildman–Crippen MR) is 86.9 cm³/mol. The summed E-state index contributed by atoms with van der Waals surface area (Å²) in [5, 5.41) is 3.92. The van der Waals surface area contributed by atoms with Crippen LogP contribution in [0.2, 0.25) is 0 Å². The third-order valence-corrected chi connectivity index (χ3v) is 4.42. The number of nitrogens with one attached hydrogen (secondary N) is 1. The van der Waals surface area contributed by atoms with E-state index in [1.54, 1.807) is 17.5 Å². The lowest BCUT2D eigenvalue weighted by atomic mass is 9.97. The third kappa shape index (κ3) is 3.80. The highest BCUT2D eigenvalue weighted by Crippen LogP contribution is 2.27. The molecule has 0 saturated carbocycles. The number of hydrogen-bond donors (Lipinski definition) is 1. The number of hydrogen-bond acceptors (Lipinski definition) is 6. The van der Waals surface area contributed by atoms with Gasteiger partial charge >= 0.3 is 5.97 Å². The Kier molecular flexibility index (Phi) is 4.90. The number of rotatable bonds is 4. The van der Waals surface area contributed by atoms with Gasteiger partial charge in [-0.15, -0.1) is 11.3 Å². The van der Waals surface area contributed by atoms with Crippen LogP contribution in [-0.2, 0) is 20.7 Å². The molecule has 1 aromatic carbocycles. The van der Waals surface area contributed by atoms with E-state index >= 15 is 0 Å². The first kappa shape index (κ1) is 16.2. The molecule has 0 radical (unpaired) electrons. The van der Waals surface area contributed by atoms with Gasteiger partial charge in [-0.05, 0) is 29.5 Å². The maximum Gasteiger partial charge on any atom is 0.313 e. The van der Waals surface area contributed by atoms with Crippen molar-refractivity contribution in [2.75, 3.05) is 13.2 Å². The zero-order valence-corrected chi connectivity index (χ0v) is 13.5. The summed E-state index contributed by atoms with van der Waals surface area (Å²) in [6, 6.07) is 10.8. The Morgan fingerprint density at radius 1 is 1.21 bits per heavy atom. The highest BCUT2D eigenvalue weighted by Gasteiger charge is 2.27. The minimum atomic E-state index is -0.654. The Bertz CT molecular complexity index is 756.